The van der Waals surface area contributed by atoms with Crippen molar-refractivity contribution in [2.45, 2.75) is 37.5 Å². The number of likely N-dealkylation sites (tertiary alicyclic amines) is 1. The molecule has 2 N–H and O–H groups in total. The SMILES string of the molecule is NC(=O)C1CCCN(C(=O)C2CC3(CO2)CN(Cc2ccncc2)CCO3)C1. The van der Waals surface area contributed by atoms with E-state index in [0.717, 1.165) is 32.5 Å². The molecule has 0 saturated carbocycles. The third-order valence-electron chi connectivity index (χ3n) is 6.00. The van der Waals surface area contributed by atoms with Crippen molar-refractivity contribution in [2.75, 3.05) is 39.4 Å². The number of amides is 2. The number of carbonyl (C=O) groups excluding carboxylic acids is 2. The molecule has 0 bridgehead atoms. The maximum Gasteiger partial charge on any atom is 0.251 e. The molecule has 3 unspecified atom stereocenters. The number of morpholine rings is 1. The van der Waals surface area contributed by atoms with E-state index in [-0.39, 0.29) is 17.7 Å². The third kappa shape index (κ3) is 4.19. The number of primary amides is 1. The zero-order valence-electron chi connectivity index (χ0n) is 16.1. The molecular weight excluding hydrogens is 360 g/mol. The average Bonchev–Trinajstić information content (AvgIpc) is 3.11. The molecule has 0 aromatic carbocycles. The lowest BCUT2D eigenvalue weighted by atomic mass is 9.94. The number of rotatable bonds is 4. The molecule has 3 aliphatic rings. The zero-order chi connectivity index (χ0) is 19.6. The first kappa shape index (κ1) is 19.3. The van der Waals surface area contributed by atoms with Gasteiger partial charge in [-0.15, -0.1) is 0 Å². The second kappa shape index (κ2) is 8.14. The Bertz CT molecular complexity index is 715. The molecule has 28 heavy (non-hydrogen) atoms. The molecule has 1 aromatic heterocycles. The van der Waals surface area contributed by atoms with Crippen LogP contribution >= 0.6 is 0 Å². The molecule has 3 saturated heterocycles. The maximum atomic E-state index is 12.9. The van der Waals surface area contributed by atoms with Crippen molar-refractivity contribution >= 4 is 11.8 Å². The first-order chi connectivity index (χ1) is 13.5. The largest absolute Gasteiger partial charge is 0.370 e. The molecule has 8 heteroatoms. The first-order valence-corrected chi connectivity index (χ1v) is 10.00. The monoisotopic (exact) mass is 388 g/mol. The number of hydrogen-bond donors (Lipinski definition) is 1. The minimum absolute atomic E-state index is 0.0438. The molecule has 4 heterocycles. The molecule has 1 spiro atoms. The minimum atomic E-state index is -0.507. The number of aromatic nitrogens is 1. The van der Waals surface area contributed by atoms with Gasteiger partial charge in [-0.1, -0.05) is 0 Å². The van der Waals surface area contributed by atoms with Crippen LogP contribution in [0.5, 0.6) is 0 Å². The van der Waals surface area contributed by atoms with Gasteiger partial charge in [0.25, 0.3) is 5.91 Å². The summed E-state index contributed by atoms with van der Waals surface area (Å²) in [6, 6.07) is 4.04. The predicted octanol–water partition coefficient (Wildman–Crippen LogP) is 0.165. The summed E-state index contributed by atoms with van der Waals surface area (Å²) in [5, 5.41) is 0. The highest BCUT2D eigenvalue weighted by molar-refractivity contribution is 5.83. The number of pyridine rings is 1. The van der Waals surface area contributed by atoms with Crippen molar-refractivity contribution in [3.63, 3.8) is 0 Å². The fraction of sp³-hybridized carbons (Fsp3) is 0.650. The van der Waals surface area contributed by atoms with Gasteiger partial charge in [0, 0.05) is 51.5 Å². The lowest BCUT2D eigenvalue weighted by molar-refractivity contribution is -0.143. The summed E-state index contributed by atoms with van der Waals surface area (Å²) >= 11 is 0. The molecule has 2 amide bonds. The minimum Gasteiger partial charge on any atom is -0.370 e. The van der Waals surface area contributed by atoms with Gasteiger partial charge >= 0.3 is 0 Å². The summed E-state index contributed by atoms with van der Waals surface area (Å²) in [5.74, 6) is -0.629. The summed E-state index contributed by atoms with van der Waals surface area (Å²) in [7, 11) is 0. The van der Waals surface area contributed by atoms with Gasteiger partial charge in [-0.2, -0.15) is 0 Å². The van der Waals surface area contributed by atoms with Crippen molar-refractivity contribution in [1.29, 1.82) is 0 Å². The van der Waals surface area contributed by atoms with Crippen molar-refractivity contribution in [3.8, 4) is 0 Å². The Morgan fingerprint density at radius 1 is 1.29 bits per heavy atom. The van der Waals surface area contributed by atoms with E-state index in [1.54, 1.807) is 17.3 Å². The van der Waals surface area contributed by atoms with Crippen LogP contribution in [0.25, 0.3) is 0 Å². The Labute approximate surface area is 165 Å². The summed E-state index contributed by atoms with van der Waals surface area (Å²) in [4.78, 5) is 32.6. The highest BCUT2D eigenvalue weighted by Gasteiger charge is 2.48. The molecule has 8 nitrogen and oxygen atoms in total. The molecular formula is C20H28N4O4. The third-order valence-corrected chi connectivity index (χ3v) is 6.00. The number of hydrogen-bond acceptors (Lipinski definition) is 6. The Morgan fingerprint density at radius 3 is 2.89 bits per heavy atom. The Morgan fingerprint density at radius 2 is 2.11 bits per heavy atom. The van der Waals surface area contributed by atoms with Crippen LogP contribution in [0.15, 0.2) is 24.5 Å². The summed E-state index contributed by atoms with van der Waals surface area (Å²) in [6.07, 6.45) is 5.20. The average molecular weight is 388 g/mol. The van der Waals surface area contributed by atoms with Crippen LogP contribution in [0.3, 0.4) is 0 Å². The fourth-order valence-corrected chi connectivity index (χ4v) is 4.50. The Balaban J connectivity index is 1.36. The van der Waals surface area contributed by atoms with Crippen molar-refractivity contribution in [2.24, 2.45) is 11.7 Å². The number of nitrogens with zero attached hydrogens (tertiary/aromatic N) is 3. The van der Waals surface area contributed by atoms with Crippen molar-refractivity contribution in [3.05, 3.63) is 30.1 Å². The van der Waals surface area contributed by atoms with Gasteiger partial charge in [-0.25, -0.2) is 0 Å². The molecule has 0 aliphatic carbocycles. The van der Waals surface area contributed by atoms with Gasteiger partial charge in [0.2, 0.25) is 5.91 Å². The Kier molecular flexibility index (Phi) is 5.61. The van der Waals surface area contributed by atoms with Crippen LogP contribution < -0.4 is 5.73 Å². The summed E-state index contributed by atoms with van der Waals surface area (Å²) in [5.41, 5.74) is 6.21. The molecule has 0 radical (unpaired) electrons. The number of piperidine rings is 1. The molecule has 4 rings (SSSR count). The number of ether oxygens (including phenoxy) is 2. The van der Waals surface area contributed by atoms with E-state index in [0.29, 0.717) is 32.7 Å². The van der Waals surface area contributed by atoms with Gasteiger partial charge in [0.05, 0.1) is 19.1 Å². The molecule has 3 atom stereocenters. The van der Waals surface area contributed by atoms with E-state index >= 15 is 0 Å². The van der Waals surface area contributed by atoms with E-state index in [9.17, 15) is 9.59 Å². The summed E-state index contributed by atoms with van der Waals surface area (Å²) < 4.78 is 12.0. The molecule has 152 valence electrons. The van der Waals surface area contributed by atoms with E-state index in [2.05, 4.69) is 9.88 Å². The first-order valence-electron chi connectivity index (χ1n) is 10.00. The summed E-state index contributed by atoms with van der Waals surface area (Å²) in [6.45, 7) is 4.53. The van der Waals surface area contributed by atoms with Gasteiger partial charge in [-0.3, -0.25) is 19.5 Å². The lowest BCUT2D eigenvalue weighted by Gasteiger charge is -2.39. The normalized spacial score (nSPS) is 31.2. The smallest absolute Gasteiger partial charge is 0.251 e. The van der Waals surface area contributed by atoms with Crippen molar-refractivity contribution < 1.29 is 19.1 Å². The van der Waals surface area contributed by atoms with Gasteiger partial charge < -0.3 is 20.1 Å². The van der Waals surface area contributed by atoms with Crippen LogP contribution in [0, 0.1) is 5.92 Å². The fourth-order valence-electron chi connectivity index (χ4n) is 4.50. The highest BCUT2D eigenvalue weighted by atomic mass is 16.6. The van der Waals surface area contributed by atoms with Gasteiger partial charge in [0.1, 0.15) is 11.7 Å². The maximum absolute atomic E-state index is 12.9. The van der Waals surface area contributed by atoms with Crippen LogP contribution in [0.2, 0.25) is 0 Å². The van der Waals surface area contributed by atoms with Crippen LogP contribution in [-0.2, 0) is 25.6 Å². The number of nitrogens with two attached hydrogens (primary N) is 1. The van der Waals surface area contributed by atoms with E-state index < -0.39 is 11.7 Å². The molecule has 3 aliphatic heterocycles. The van der Waals surface area contributed by atoms with E-state index in [1.807, 2.05) is 12.1 Å². The van der Waals surface area contributed by atoms with E-state index in [1.165, 1.54) is 5.56 Å². The topological polar surface area (TPSA) is 98.0 Å². The highest BCUT2D eigenvalue weighted by Crippen LogP contribution is 2.33. The molecule has 1 aromatic rings. The second-order valence-electron chi connectivity index (χ2n) is 8.13. The molecule has 3 fully saturated rings. The van der Waals surface area contributed by atoms with E-state index in [4.69, 9.17) is 15.2 Å². The van der Waals surface area contributed by atoms with Crippen molar-refractivity contribution in [1.82, 2.24) is 14.8 Å². The standard InChI is InChI=1S/C20H28N4O4/c21-18(25)16-2-1-7-24(12-16)19(26)17-10-20(14-27-17)13-23(8-9-28-20)11-15-3-5-22-6-4-15/h3-6,16-17H,1-2,7-14H2,(H2,21,25). The van der Waals surface area contributed by atoms with Gasteiger partial charge in [-0.05, 0) is 30.5 Å². The van der Waals surface area contributed by atoms with Crippen LogP contribution in [0.1, 0.15) is 24.8 Å². The lowest BCUT2D eigenvalue weighted by Crippen LogP contribution is -2.52. The number of carbonyl (C=O) groups is 2. The second-order valence-corrected chi connectivity index (χ2v) is 8.13. The quantitative estimate of drug-likeness (QED) is 0.789. The van der Waals surface area contributed by atoms with Gasteiger partial charge in [0.15, 0.2) is 0 Å². The zero-order valence-corrected chi connectivity index (χ0v) is 16.1. The predicted molar refractivity (Wildman–Crippen MR) is 101 cm³/mol. The van der Waals surface area contributed by atoms with Crippen LogP contribution in [0.4, 0.5) is 0 Å². The van der Waals surface area contributed by atoms with Crippen LogP contribution in [-0.4, -0.2) is 77.7 Å². The Hall–Kier alpha value is -2.03.